The molecule has 1 aromatic carbocycles. The largest absolute Gasteiger partial charge is 0.493 e. The summed E-state index contributed by atoms with van der Waals surface area (Å²) in [5.41, 5.74) is 2.52. The first-order chi connectivity index (χ1) is 8.19. The third kappa shape index (κ3) is 4.60. The Kier molecular flexibility index (Phi) is 6.45. The van der Waals surface area contributed by atoms with Gasteiger partial charge in [-0.25, -0.2) is 0 Å². The molecule has 1 unspecified atom stereocenters. The van der Waals surface area contributed by atoms with Crippen LogP contribution in [0.4, 0.5) is 0 Å². The quantitative estimate of drug-likeness (QED) is 0.752. The number of nitrogens with one attached hydrogen (secondary N) is 1. The predicted molar refractivity (Wildman–Crippen MR) is 77.1 cm³/mol. The Balaban J connectivity index is 2.69. The Bertz CT molecular complexity index is 341. The fourth-order valence-corrected chi connectivity index (χ4v) is 2.09. The molecule has 1 rings (SSSR count). The summed E-state index contributed by atoms with van der Waals surface area (Å²) in [4.78, 5) is 0. The molecule has 0 radical (unpaired) electrons. The van der Waals surface area contributed by atoms with E-state index in [2.05, 4.69) is 43.6 Å². The van der Waals surface area contributed by atoms with Gasteiger partial charge in [0.05, 0.1) is 6.61 Å². The van der Waals surface area contributed by atoms with Gasteiger partial charge in [-0.15, -0.1) is 0 Å². The lowest BCUT2D eigenvalue weighted by atomic mass is 10.0. The number of thioether (sulfide) groups is 1. The molecule has 1 aromatic rings. The Hall–Kier alpha value is -0.670. The summed E-state index contributed by atoms with van der Waals surface area (Å²) in [6.45, 7) is 5.07. The third-order valence-corrected chi connectivity index (χ3v) is 3.51. The molecule has 0 aliphatic carbocycles. The van der Waals surface area contributed by atoms with E-state index in [0.29, 0.717) is 6.04 Å². The first kappa shape index (κ1) is 14.4. The normalized spacial score (nSPS) is 12.5. The van der Waals surface area contributed by atoms with E-state index in [1.807, 2.05) is 18.8 Å². The average molecular weight is 253 g/mol. The summed E-state index contributed by atoms with van der Waals surface area (Å²) in [6.07, 6.45) is 3.23. The van der Waals surface area contributed by atoms with E-state index in [1.165, 1.54) is 11.1 Å². The van der Waals surface area contributed by atoms with Crippen molar-refractivity contribution in [1.29, 1.82) is 0 Å². The highest BCUT2D eigenvalue weighted by atomic mass is 32.2. The molecular weight excluding hydrogens is 230 g/mol. The zero-order valence-corrected chi connectivity index (χ0v) is 12.1. The number of benzene rings is 1. The molecule has 96 valence electrons. The topological polar surface area (TPSA) is 21.3 Å². The van der Waals surface area contributed by atoms with Crippen LogP contribution in [0.5, 0.6) is 5.75 Å². The van der Waals surface area contributed by atoms with E-state index in [0.717, 1.165) is 24.5 Å². The molecule has 0 amide bonds. The van der Waals surface area contributed by atoms with Crippen LogP contribution < -0.4 is 10.1 Å². The minimum absolute atomic E-state index is 0.324. The number of rotatable bonds is 7. The zero-order valence-electron chi connectivity index (χ0n) is 11.2. The molecule has 0 spiro atoms. The van der Waals surface area contributed by atoms with Crippen LogP contribution in [0.2, 0.25) is 0 Å². The third-order valence-electron chi connectivity index (χ3n) is 2.82. The van der Waals surface area contributed by atoms with Gasteiger partial charge in [0, 0.05) is 11.6 Å². The highest BCUT2D eigenvalue weighted by Gasteiger charge is 2.10. The van der Waals surface area contributed by atoms with Gasteiger partial charge >= 0.3 is 0 Å². The van der Waals surface area contributed by atoms with E-state index in [1.54, 1.807) is 0 Å². The summed E-state index contributed by atoms with van der Waals surface area (Å²) >= 11 is 1.86. The maximum atomic E-state index is 5.86. The lowest BCUT2D eigenvalue weighted by Gasteiger charge is -2.17. The second-order valence-electron chi connectivity index (χ2n) is 4.25. The van der Waals surface area contributed by atoms with Crippen LogP contribution in [0.15, 0.2) is 18.2 Å². The summed E-state index contributed by atoms with van der Waals surface area (Å²) in [6, 6.07) is 6.71. The molecule has 17 heavy (non-hydrogen) atoms. The van der Waals surface area contributed by atoms with E-state index in [9.17, 15) is 0 Å². The summed E-state index contributed by atoms with van der Waals surface area (Å²) < 4.78 is 5.86. The molecule has 0 aromatic heterocycles. The van der Waals surface area contributed by atoms with Crippen molar-refractivity contribution in [3.8, 4) is 5.75 Å². The van der Waals surface area contributed by atoms with E-state index in [-0.39, 0.29) is 0 Å². The zero-order chi connectivity index (χ0) is 12.7. The van der Waals surface area contributed by atoms with Crippen molar-refractivity contribution in [3.05, 3.63) is 29.3 Å². The van der Waals surface area contributed by atoms with Crippen molar-refractivity contribution >= 4 is 11.8 Å². The van der Waals surface area contributed by atoms with Gasteiger partial charge in [0.25, 0.3) is 0 Å². The number of hydrogen-bond acceptors (Lipinski definition) is 3. The van der Waals surface area contributed by atoms with Crippen molar-refractivity contribution < 1.29 is 4.74 Å². The van der Waals surface area contributed by atoms with Gasteiger partial charge in [-0.3, -0.25) is 0 Å². The number of ether oxygens (including phenoxy) is 1. The van der Waals surface area contributed by atoms with Crippen LogP contribution in [0.3, 0.4) is 0 Å². The SMILES string of the molecule is CNC(C)c1cc(C)ccc1OCCCSC. The van der Waals surface area contributed by atoms with Gasteiger partial charge < -0.3 is 10.1 Å². The molecule has 0 saturated carbocycles. The van der Waals surface area contributed by atoms with Gasteiger partial charge in [-0.1, -0.05) is 17.7 Å². The van der Waals surface area contributed by atoms with Gasteiger partial charge in [0.2, 0.25) is 0 Å². The van der Waals surface area contributed by atoms with Crippen molar-refractivity contribution in [2.24, 2.45) is 0 Å². The minimum Gasteiger partial charge on any atom is -0.493 e. The van der Waals surface area contributed by atoms with Gasteiger partial charge in [-0.05, 0) is 45.4 Å². The van der Waals surface area contributed by atoms with Crippen LogP contribution in [0.25, 0.3) is 0 Å². The van der Waals surface area contributed by atoms with Crippen LogP contribution in [-0.4, -0.2) is 25.7 Å². The van der Waals surface area contributed by atoms with Crippen LogP contribution in [-0.2, 0) is 0 Å². The van der Waals surface area contributed by atoms with Crippen molar-refractivity contribution in [2.75, 3.05) is 25.7 Å². The molecule has 0 saturated heterocycles. The Morgan fingerprint density at radius 2 is 2.18 bits per heavy atom. The molecular formula is C14H23NOS. The molecule has 1 atom stereocenters. The fourth-order valence-electron chi connectivity index (χ4n) is 1.68. The van der Waals surface area contributed by atoms with Crippen molar-refractivity contribution in [1.82, 2.24) is 5.32 Å². The summed E-state index contributed by atoms with van der Waals surface area (Å²) in [7, 11) is 1.98. The fraction of sp³-hybridized carbons (Fsp3) is 0.571. The van der Waals surface area contributed by atoms with Gasteiger partial charge in [0.15, 0.2) is 0 Å². The highest BCUT2D eigenvalue weighted by molar-refractivity contribution is 7.98. The average Bonchev–Trinajstić information content (AvgIpc) is 2.35. The monoisotopic (exact) mass is 253 g/mol. The summed E-state index contributed by atoms with van der Waals surface area (Å²) in [5, 5.41) is 3.27. The number of hydrogen-bond donors (Lipinski definition) is 1. The van der Waals surface area contributed by atoms with Crippen LogP contribution in [0, 0.1) is 6.92 Å². The first-order valence-electron chi connectivity index (χ1n) is 6.08. The maximum Gasteiger partial charge on any atom is 0.124 e. The van der Waals surface area contributed by atoms with E-state index in [4.69, 9.17) is 4.74 Å². The van der Waals surface area contributed by atoms with Gasteiger partial charge in [0.1, 0.15) is 5.75 Å². The van der Waals surface area contributed by atoms with E-state index < -0.39 is 0 Å². The summed E-state index contributed by atoms with van der Waals surface area (Å²) in [5.74, 6) is 2.17. The molecule has 3 heteroatoms. The molecule has 0 bridgehead atoms. The lowest BCUT2D eigenvalue weighted by Crippen LogP contribution is -2.14. The smallest absolute Gasteiger partial charge is 0.124 e. The molecule has 0 aliphatic heterocycles. The van der Waals surface area contributed by atoms with Crippen LogP contribution in [0.1, 0.15) is 30.5 Å². The molecule has 1 N–H and O–H groups in total. The predicted octanol–water partition coefficient (Wildman–Crippen LogP) is 3.41. The molecule has 0 fully saturated rings. The minimum atomic E-state index is 0.324. The van der Waals surface area contributed by atoms with Crippen molar-refractivity contribution in [2.45, 2.75) is 26.3 Å². The van der Waals surface area contributed by atoms with Crippen molar-refractivity contribution in [3.63, 3.8) is 0 Å². The second kappa shape index (κ2) is 7.62. The maximum absolute atomic E-state index is 5.86. The van der Waals surface area contributed by atoms with Gasteiger partial charge in [-0.2, -0.15) is 11.8 Å². The van der Waals surface area contributed by atoms with E-state index >= 15 is 0 Å². The Morgan fingerprint density at radius 3 is 2.82 bits per heavy atom. The highest BCUT2D eigenvalue weighted by Crippen LogP contribution is 2.26. The molecule has 0 aliphatic rings. The Labute approximate surface area is 109 Å². The first-order valence-corrected chi connectivity index (χ1v) is 7.48. The molecule has 0 heterocycles. The number of aryl methyl sites for hydroxylation is 1. The van der Waals surface area contributed by atoms with Crippen LogP contribution >= 0.6 is 11.8 Å². The lowest BCUT2D eigenvalue weighted by molar-refractivity contribution is 0.312. The molecule has 2 nitrogen and oxygen atoms in total. The second-order valence-corrected chi connectivity index (χ2v) is 5.23. The Morgan fingerprint density at radius 1 is 1.41 bits per heavy atom. The standard InChI is InChI=1S/C14H23NOS/c1-11-6-7-14(16-8-5-9-17-4)13(10-11)12(2)15-3/h6-7,10,12,15H,5,8-9H2,1-4H3.